The Morgan fingerprint density at radius 2 is 1.88 bits per heavy atom. The second-order valence-electron chi connectivity index (χ2n) is 4.10. The van der Waals surface area contributed by atoms with E-state index >= 15 is 0 Å². The molecule has 0 radical (unpaired) electrons. The molecule has 1 aliphatic carbocycles. The molecule has 2 aromatic rings. The fourth-order valence-corrected chi connectivity index (χ4v) is 2.39. The zero-order valence-electron chi connectivity index (χ0n) is 8.62. The van der Waals surface area contributed by atoms with Crippen LogP contribution in [0.5, 0.6) is 11.5 Å². The highest BCUT2D eigenvalue weighted by molar-refractivity contribution is 5.76. The molecule has 80 valence electrons. The monoisotopic (exact) mass is 214 g/mol. The summed E-state index contributed by atoms with van der Waals surface area (Å²) in [5, 5.41) is 7.09. The van der Waals surface area contributed by atoms with Crippen LogP contribution in [0.4, 0.5) is 0 Å². The number of aromatic amines is 1. The average Bonchev–Trinajstić information content (AvgIpc) is 2.86. The molecule has 16 heavy (non-hydrogen) atoms. The van der Waals surface area contributed by atoms with E-state index in [9.17, 15) is 0 Å². The maximum atomic E-state index is 5.58. The van der Waals surface area contributed by atoms with Gasteiger partial charge in [-0.1, -0.05) is 0 Å². The molecule has 2 heterocycles. The molecule has 1 aromatic heterocycles. The highest BCUT2D eigenvalue weighted by Gasteiger charge is 2.24. The standard InChI is InChI=1S/C12H10N2O2/c1-2-16-11-5-9-7(4-10(11)15-1)3-8-6-13-14-12(8)9/h4-6H,1-3H2,(H,13,14). The number of hydrogen-bond donors (Lipinski definition) is 1. The van der Waals surface area contributed by atoms with Crippen LogP contribution in [-0.4, -0.2) is 23.4 Å². The number of fused-ring (bicyclic) bond motifs is 4. The first-order valence-electron chi connectivity index (χ1n) is 5.37. The minimum Gasteiger partial charge on any atom is -0.486 e. The van der Waals surface area contributed by atoms with Crippen LogP contribution in [-0.2, 0) is 6.42 Å². The number of benzene rings is 1. The van der Waals surface area contributed by atoms with Crippen LogP contribution in [0.3, 0.4) is 0 Å². The van der Waals surface area contributed by atoms with Gasteiger partial charge in [0.25, 0.3) is 0 Å². The van der Waals surface area contributed by atoms with Crippen molar-refractivity contribution in [3.8, 4) is 22.8 Å². The third kappa shape index (κ3) is 0.961. The van der Waals surface area contributed by atoms with Crippen LogP contribution in [0.15, 0.2) is 18.3 Å². The summed E-state index contributed by atoms with van der Waals surface area (Å²) >= 11 is 0. The Bertz CT molecular complexity index is 574. The molecule has 4 heteroatoms. The minimum absolute atomic E-state index is 0.627. The van der Waals surface area contributed by atoms with E-state index in [-0.39, 0.29) is 0 Å². The van der Waals surface area contributed by atoms with Crippen molar-refractivity contribution in [2.45, 2.75) is 6.42 Å². The normalized spacial score (nSPS) is 15.8. The second-order valence-corrected chi connectivity index (χ2v) is 4.10. The maximum Gasteiger partial charge on any atom is 0.162 e. The first kappa shape index (κ1) is 8.21. The number of hydrogen-bond acceptors (Lipinski definition) is 3. The Balaban J connectivity index is 1.94. The molecule has 1 aliphatic heterocycles. The van der Waals surface area contributed by atoms with Crippen LogP contribution < -0.4 is 9.47 Å². The summed E-state index contributed by atoms with van der Waals surface area (Å²) < 4.78 is 11.2. The zero-order valence-corrected chi connectivity index (χ0v) is 8.62. The number of rotatable bonds is 0. The van der Waals surface area contributed by atoms with Gasteiger partial charge in [-0.3, -0.25) is 5.10 Å². The van der Waals surface area contributed by atoms with Crippen LogP contribution in [0.1, 0.15) is 11.1 Å². The van der Waals surface area contributed by atoms with Gasteiger partial charge >= 0.3 is 0 Å². The van der Waals surface area contributed by atoms with Crippen molar-refractivity contribution in [3.63, 3.8) is 0 Å². The molecule has 4 nitrogen and oxygen atoms in total. The van der Waals surface area contributed by atoms with Gasteiger partial charge in [-0.15, -0.1) is 0 Å². The lowest BCUT2D eigenvalue weighted by Crippen LogP contribution is -2.15. The van der Waals surface area contributed by atoms with Crippen molar-refractivity contribution in [2.24, 2.45) is 0 Å². The molecule has 1 aromatic carbocycles. The lowest BCUT2D eigenvalue weighted by molar-refractivity contribution is 0.171. The van der Waals surface area contributed by atoms with E-state index in [1.807, 2.05) is 12.3 Å². The predicted molar refractivity (Wildman–Crippen MR) is 57.8 cm³/mol. The van der Waals surface area contributed by atoms with Gasteiger partial charge in [0.1, 0.15) is 13.2 Å². The van der Waals surface area contributed by atoms with Crippen LogP contribution in [0.2, 0.25) is 0 Å². The largest absolute Gasteiger partial charge is 0.486 e. The zero-order chi connectivity index (χ0) is 10.5. The van der Waals surface area contributed by atoms with Gasteiger partial charge in [-0.05, 0) is 17.7 Å². The van der Waals surface area contributed by atoms with Gasteiger partial charge in [0.15, 0.2) is 11.5 Å². The van der Waals surface area contributed by atoms with Crippen molar-refractivity contribution in [2.75, 3.05) is 13.2 Å². The van der Waals surface area contributed by atoms with Crippen molar-refractivity contribution < 1.29 is 9.47 Å². The fourth-order valence-electron chi connectivity index (χ4n) is 2.39. The highest BCUT2D eigenvalue weighted by atomic mass is 16.6. The smallest absolute Gasteiger partial charge is 0.162 e. The van der Waals surface area contributed by atoms with E-state index in [0.29, 0.717) is 13.2 Å². The Morgan fingerprint density at radius 1 is 1.06 bits per heavy atom. The van der Waals surface area contributed by atoms with Gasteiger partial charge in [-0.2, -0.15) is 5.10 Å². The summed E-state index contributed by atoms with van der Waals surface area (Å²) in [6.07, 6.45) is 2.81. The van der Waals surface area contributed by atoms with Gasteiger partial charge in [0.2, 0.25) is 0 Å². The highest BCUT2D eigenvalue weighted by Crippen LogP contribution is 2.42. The minimum atomic E-state index is 0.627. The third-order valence-corrected chi connectivity index (χ3v) is 3.14. The van der Waals surface area contributed by atoms with Crippen molar-refractivity contribution in [3.05, 3.63) is 29.5 Å². The molecule has 0 amide bonds. The molecule has 0 bridgehead atoms. The number of ether oxygens (including phenoxy) is 2. The Morgan fingerprint density at radius 3 is 2.75 bits per heavy atom. The van der Waals surface area contributed by atoms with Gasteiger partial charge in [0, 0.05) is 17.5 Å². The fraction of sp³-hybridized carbons (Fsp3) is 0.250. The van der Waals surface area contributed by atoms with E-state index in [1.165, 1.54) is 16.7 Å². The lowest BCUT2D eigenvalue weighted by atomic mass is 10.1. The summed E-state index contributed by atoms with van der Waals surface area (Å²) in [6, 6.07) is 4.13. The summed E-state index contributed by atoms with van der Waals surface area (Å²) in [4.78, 5) is 0. The molecule has 0 saturated heterocycles. The molecule has 1 N–H and O–H groups in total. The molecule has 4 rings (SSSR count). The van der Waals surface area contributed by atoms with E-state index in [4.69, 9.17) is 9.47 Å². The quantitative estimate of drug-likeness (QED) is 0.620. The topological polar surface area (TPSA) is 47.1 Å². The van der Waals surface area contributed by atoms with Crippen molar-refractivity contribution in [1.29, 1.82) is 0 Å². The molecule has 0 saturated carbocycles. The Kier molecular flexibility index (Phi) is 1.43. The van der Waals surface area contributed by atoms with E-state index in [0.717, 1.165) is 23.6 Å². The molecule has 0 spiro atoms. The van der Waals surface area contributed by atoms with Crippen LogP contribution in [0, 0.1) is 0 Å². The molecule has 0 fully saturated rings. The van der Waals surface area contributed by atoms with Crippen LogP contribution >= 0.6 is 0 Å². The van der Waals surface area contributed by atoms with Crippen LogP contribution in [0.25, 0.3) is 11.3 Å². The first-order chi connectivity index (χ1) is 7.92. The number of H-pyrrole nitrogens is 1. The SMILES string of the molecule is c1n[nH]c2c1Cc1cc3c(cc1-2)OCCO3. The number of aromatic nitrogens is 2. The Hall–Kier alpha value is -1.97. The number of nitrogens with zero attached hydrogens (tertiary/aromatic N) is 1. The number of nitrogens with one attached hydrogen (secondary N) is 1. The molecule has 2 aliphatic rings. The van der Waals surface area contributed by atoms with Gasteiger partial charge in [-0.25, -0.2) is 0 Å². The summed E-state index contributed by atoms with van der Waals surface area (Å²) in [6.45, 7) is 1.26. The molecule has 0 unspecified atom stereocenters. The second kappa shape index (κ2) is 2.78. The first-order valence-corrected chi connectivity index (χ1v) is 5.37. The predicted octanol–water partition coefficient (Wildman–Crippen LogP) is 1.75. The van der Waals surface area contributed by atoms with Crippen molar-refractivity contribution in [1.82, 2.24) is 10.2 Å². The molecular formula is C12H10N2O2. The average molecular weight is 214 g/mol. The molecule has 0 atom stereocenters. The third-order valence-electron chi connectivity index (χ3n) is 3.14. The summed E-state index contributed by atoms with van der Waals surface area (Å²) in [7, 11) is 0. The summed E-state index contributed by atoms with van der Waals surface area (Å²) in [5.41, 5.74) is 4.84. The van der Waals surface area contributed by atoms with Gasteiger partial charge in [0.05, 0.1) is 11.9 Å². The lowest BCUT2D eigenvalue weighted by Gasteiger charge is -2.19. The molecular weight excluding hydrogens is 204 g/mol. The van der Waals surface area contributed by atoms with Crippen molar-refractivity contribution >= 4 is 0 Å². The van der Waals surface area contributed by atoms with E-state index < -0.39 is 0 Å². The van der Waals surface area contributed by atoms with Gasteiger partial charge < -0.3 is 9.47 Å². The van der Waals surface area contributed by atoms with E-state index in [1.54, 1.807) is 0 Å². The summed E-state index contributed by atoms with van der Waals surface area (Å²) in [5.74, 6) is 1.70. The van der Waals surface area contributed by atoms with E-state index in [2.05, 4.69) is 16.3 Å². The maximum absolute atomic E-state index is 5.58. The Labute approximate surface area is 92.2 Å².